The fourth-order valence-corrected chi connectivity index (χ4v) is 3.33. The molecule has 3 aliphatic rings. The lowest BCUT2D eigenvalue weighted by molar-refractivity contribution is -0.182. The summed E-state index contributed by atoms with van der Waals surface area (Å²) in [6, 6.07) is 0. The zero-order valence-electron chi connectivity index (χ0n) is 11.4. The molecule has 0 aromatic carbocycles. The van der Waals surface area contributed by atoms with E-state index in [2.05, 4.69) is 17.5 Å². The van der Waals surface area contributed by atoms with Crippen molar-refractivity contribution in [2.24, 2.45) is 11.8 Å². The van der Waals surface area contributed by atoms with E-state index in [0.29, 0.717) is 5.92 Å². The van der Waals surface area contributed by atoms with Crippen molar-refractivity contribution in [3.63, 3.8) is 0 Å². The minimum absolute atomic E-state index is 0.177. The molecular weight excluding hydrogens is 242 g/mol. The molecule has 0 atom stereocenters. The van der Waals surface area contributed by atoms with Gasteiger partial charge < -0.3 is 14.8 Å². The third kappa shape index (κ3) is 3.00. The van der Waals surface area contributed by atoms with Crippen LogP contribution in [0.5, 0.6) is 0 Å². The molecule has 2 aliphatic carbocycles. The monoisotopic (exact) mass is 265 g/mol. The predicted molar refractivity (Wildman–Crippen MR) is 71.5 cm³/mol. The summed E-state index contributed by atoms with van der Waals surface area (Å²) in [4.78, 5) is 11.9. The summed E-state index contributed by atoms with van der Waals surface area (Å²) in [5, 5.41) is 3.11. The van der Waals surface area contributed by atoms with Gasteiger partial charge in [-0.2, -0.15) is 0 Å². The summed E-state index contributed by atoms with van der Waals surface area (Å²) in [5.41, 5.74) is 0. The van der Waals surface area contributed by atoms with Crippen molar-refractivity contribution < 1.29 is 14.3 Å². The van der Waals surface area contributed by atoms with Crippen LogP contribution in [0.1, 0.15) is 38.5 Å². The van der Waals surface area contributed by atoms with Gasteiger partial charge >= 0.3 is 0 Å². The highest BCUT2D eigenvalue weighted by Crippen LogP contribution is 2.38. The van der Waals surface area contributed by atoms with Crippen molar-refractivity contribution in [3.8, 4) is 0 Å². The van der Waals surface area contributed by atoms with E-state index < -0.39 is 0 Å². The molecule has 0 aromatic heterocycles. The number of hydrogen-bond donors (Lipinski definition) is 1. The second-order valence-corrected chi connectivity index (χ2v) is 5.94. The number of amides is 1. The van der Waals surface area contributed by atoms with E-state index >= 15 is 0 Å². The molecule has 3 rings (SSSR count). The number of allylic oxidation sites excluding steroid dienone is 2. The minimum atomic E-state index is -0.282. The molecule has 4 nitrogen and oxygen atoms in total. The lowest BCUT2D eigenvalue weighted by Crippen LogP contribution is -2.39. The average Bonchev–Trinajstić information content (AvgIpc) is 3.09. The fraction of sp³-hybridized carbons (Fsp3) is 0.800. The maximum Gasteiger partial charge on any atom is 0.223 e. The molecule has 0 aromatic rings. The summed E-state index contributed by atoms with van der Waals surface area (Å²) in [7, 11) is 0. The Balaban J connectivity index is 1.39. The van der Waals surface area contributed by atoms with Crippen LogP contribution >= 0.6 is 0 Å². The predicted octanol–water partition coefficient (Wildman–Crippen LogP) is 2.00. The van der Waals surface area contributed by atoms with Gasteiger partial charge in [-0.1, -0.05) is 12.2 Å². The molecule has 1 saturated carbocycles. The molecular formula is C15H23NO3. The first-order chi connectivity index (χ1) is 9.27. The first-order valence-corrected chi connectivity index (χ1v) is 7.48. The minimum Gasteiger partial charge on any atom is -0.356 e. The summed E-state index contributed by atoms with van der Waals surface area (Å²) in [6.45, 7) is 2.28. The Labute approximate surface area is 114 Å². The zero-order chi connectivity index (χ0) is 13.1. The summed E-state index contributed by atoms with van der Waals surface area (Å²) < 4.78 is 11.4. The molecule has 1 heterocycles. The number of rotatable bonds is 3. The van der Waals surface area contributed by atoms with E-state index in [0.717, 1.165) is 58.3 Å². The highest BCUT2D eigenvalue weighted by atomic mass is 16.7. The lowest BCUT2D eigenvalue weighted by atomic mass is 9.85. The Hall–Kier alpha value is -0.870. The topological polar surface area (TPSA) is 47.6 Å². The lowest BCUT2D eigenvalue weighted by Gasteiger charge is -2.35. The van der Waals surface area contributed by atoms with Crippen LogP contribution in [0.3, 0.4) is 0 Å². The second kappa shape index (κ2) is 5.63. The van der Waals surface area contributed by atoms with Gasteiger partial charge in [-0.05, 0) is 31.6 Å². The van der Waals surface area contributed by atoms with Gasteiger partial charge in [0.15, 0.2) is 5.79 Å². The van der Waals surface area contributed by atoms with E-state index in [1.807, 2.05) is 0 Å². The van der Waals surface area contributed by atoms with Crippen molar-refractivity contribution in [2.75, 3.05) is 19.8 Å². The van der Waals surface area contributed by atoms with Crippen molar-refractivity contribution in [1.82, 2.24) is 5.32 Å². The zero-order valence-corrected chi connectivity index (χ0v) is 11.4. The van der Waals surface area contributed by atoms with Gasteiger partial charge in [-0.15, -0.1) is 0 Å². The quantitative estimate of drug-likeness (QED) is 0.794. The van der Waals surface area contributed by atoms with Gasteiger partial charge in [0.05, 0.1) is 13.2 Å². The highest BCUT2D eigenvalue weighted by Gasteiger charge is 2.40. The average molecular weight is 265 g/mol. The van der Waals surface area contributed by atoms with Crippen molar-refractivity contribution in [3.05, 3.63) is 12.2 Å². The van der Waals surface area contributed by atoms with Crippen LogP contribution in [0, 0.1) is 11.8 Å². The maximum atomic E-state index is 11.9. The van der Waals surface area contributed by atoms with E-state index in [9.17, 15) is 4.79 Å². The largest absolute Gasteiger partial charge is 0.356 e. The molecule has 0 radical (unpaired) electrons. The van der Waals surface area contributed by atoms with Crippen LogP contribution in [-0.4, -0.2) is 31.5 Å². The molecule has 0 bridgehead atoms. The Morgan fingerprint density at radius 2 is 1.79 bits per heavy atom. The summed E-state index contributed by atoms with van der Waals surface area (Å²) in [6.07, 6.45) is 10.1. The highest BCUT2D eigenvalue weighted by molar-refractivity contribution is 5.79. The summed E-state index contributed by atoms with van der Waals surface area (Å²) >= 11 is 0. The van der Waals surface area contributed by atoms with Crippen molar-refractivity contribution >= 4 is 5.91 Å². The Morgan fingerprint density at radius 1 is 1.16 bits per heavy atom. The van der Waals surface area contributed by atoms with Crippen LogP contribution in [0.25, 0.3) is 0 Å². The fourth-order valence-electron chi connectivity index (χ4n) is 3.33. The number of nitrogens with one attached hydrogen (secondary N) is 1. The van der Waals surface area contributed by atoms with E-state index in [1.54, 1.807) is 0 Å². The van der Waals surface area contributed by atoms with Gasteiger partial charge in [-0.3, -0.25) is 4.79 Å². The standard InChI is InChI=1S/C15H23NO3/c17-14(13-3-1-2-4-13)16-11-12-5-7-15(8-6-12)18-9-10-19-15/h1-2,12-13H,3-11H2,(H,16,17). The van der Waals surface area contributed by atoms with Gasteiger partial charge in [0.1, 0.15) is 0 Å². The molecule has 2 fully saturated rings. The molecule has 0 unspecified atom stereocenters. The number of ether oxygens (including phenoxy) is 2. The van der Waals surface area contributed by atoms with Gasteiger partial charge in [0, 0.05) is 25.3 Å². The Morgan fingerprint density at radius 3 is 2.42 bits per heavy atom. The first kappa shape index (κ1) is 13.1. The van der Waals surface area contributed by atoms with Crippen LogP contribution in [-0.2, 0) is 14.3 Å². The molecule has 1 spiro atoms. The smallest absolute Gasteiger partial charge is 0.223 e. The van der Waals surface area contributed by atoms with Crippen LogP contribution in [0.4, 0.5) is 0 Å². The third-order valence-corrected chi connectivity index (χ3v) is 4.62. The van der Waals surface area contributed by atoms with E-state index in [-0.39, 0.29) is 17.6 Å². The first-order valence-electron chi connectivity index (χ1n) is 7.48. The van der Waals surface area contributed by atoms with Crippen molar-refractivity contribution in [1.29, 1.82) is 0 Å². The van der Waals surface area contributed by atoms with Gasteiger partial charge in [-0.25, -0.2) is 0 Å². The normalized spacial score (nSPS) is 27.2. The second-order valence-electron chi connectivity index (χ2n) is 5.94. The SMILES string of the molecule is O=C(NCC1CCC2(CC1)OCCO2)C1CC=CC1. The van der Waals surface area contributed by atoms with Gasteiger partial charge in [0.2, 0.25) is 5.91 Å². The molecule has 1 saturated heterocycles. The third-order valence-electron chi connectivity index (χ3n) is 4.62. The number of carbonyl (C=O) groups is 1. The molecule has 1 aliphatic heterocycles. The summed E-state index contributed by atoms with van der Waals surface area (Å²) in [5.74, 6) is 0.697. The maximum absolute atomic E-state index is 11.9. The van der Waals surface area contributed by atoms with Crippen molar-refractivity contribution in [2.45, 2.75) is 44.3 Å². The molecule has 106 valence electrons. The molecule has 4 heteroatoms. The van der Waals surface area contributed by atoms with Gasteiger partial charge in [0.25, 0.3) is 0 Å². The number of carbonyl (C=O) groups excluding carboxylic acids is 1. The number of hydrogen-bond acceptors (Lipinski definition) is 3. The Bertz CT molecular complexity index is 342. The van der Waals surface area contributed by atoms with Crippen LogP contribution in [0.2, 0.25) is 0 Å². The molecule has 19 heavy (non-hydrogen) atoms. The van der Waals surface area contributed by atoms with E-state index in [4.69, 9.17) is 9.47 Å². The molecule has 1 amide bonds. The molecule has 1 N–H and O–H groups in total. The van der Waals surface area contributed by atoms with E-state index in [1.165, 1.54) is 0 Å². The van der Waals surface area contributed by atoms with Crippen LogP contribution in [0.15, 0.2) is 12.2 Å². The van der Waals surface area contributed by atoms with Crippen LogP contribution < -0.4 is 5.32 Å². The Kier molecular flexibility index (Phi) is 3.89.